The van der Waals surface area contributed by atoms with E-state index in [1.807, 2.05) is 12.1 Å². The van der Waals surface area contributed by atoms with Gasteiger partial charge in [-0.25, -0.2) is 13.4 Å². The van der Waals surface area contributed by atoms with Crippen molar-refractivity contribution in [3.05, 3.63) is 52.6 Å². The highest BCUT2D eigenvalue weighted by atomic mass is 79.9. The minimum absolute atomic E-state index is 0.0866. The molecule has 0 aliphatic heterocycles. The molecule has 1 aromatic heterocycles. The predicted octanol–water partition coefficient (Wildman–Crippen LogP) is 3.81. The number of pyridine rings is 1. The first kappa shape index (κ1) is 16.0. The number of anilines is 1. The molecule has 0 bridgehead atoms. The van der Waals surface area contributed by atoms with E-state index in [1.54, 1.807) is 12.3 Å². The van der Waals surface area contributed by atoms with E-state index >= 15 is 0 Å². The zero-order valence-electron chi connectivity index (χ0n) is 11.9. The molecule has 0 saturated heterocycles. The monoisotopic (exact) mass is 368 g/mol. The van der Waals surface area contributed by atoms with E-state index in [4.69, 9.17) is 0 Å². The van der Waals surface area contributed by atoms with E-state index in [0.29, 0.717) is 0 Å². The van der Waals surface area contributed by atoms with Gasteiger partial charge in [0.1, 0.15) is 0 Å². The zero-order valence-corrected chi connectivity index (χ0v) is 14.3. The molecule has 2 aromatic rings. The first-order valence-electron chi connectivity index (χ1n) is 6.58. The molecule has 1 atom stereocenters. The smallest absolute Gasteiger partial charge is 0.192 e. The molecule has 0 radical (unpaired) electrons. The van der Waals surface area contributed by atoms with Crippen molar-refractivity contribution in [1.29, 1.82) is 0 Å². The molecule has 2 rings (SSSR count). The largest absolute Gasteiger partial charge is 0.377 e. The van der Waals surface area contributed by atoms with Crippen LogP contribution in [0.4, 0.5) is 5.69 Å². The van der Waals surface area contributed by atoms with Gasteiger partial charge >= 0.3 is 0 Å². The zero-order chi connectivity index (χ0) is 15.5. The van der Waals surface area contributed by atoms with Gasteiger partial charge in [-0.3, -0.25) is 0 Å². The van der Waals surface area contributed by atoms with Crippen LogP contribution in [0.15, 0.2) is 52.1 Å². The molecule has 1 unspecified atom stereocenters. The maximum absolute atomic E-state index is 11.4. The van der Waals surface area contributed by atoms with Crippen molar-refractivity contribution in [3.63, 3.8) is 0 Å². The van der Waals surface area contributed by atoms with Crippen LogP contribution >= 0.6 is 15.9 Å². The van der Waals surface area contributed by atoms with Crippen molar-refractivity contribution < 1.29 is 8.42 Å². The van der Waals surface area contributed by atoms with Crippen molar-refractivity contribution in [2.75, 3.05) is 11.6 Å². The predicted molar refractivity (Wildman–Crippen MR) is 88.1 cm³/mol. The molecule has 0 spiro atoms. The molecular weight excluding hydrogens is 352 g/mol. The second-order valence-corrected chi connectivity index (χ2v) is 7.70. The van der Waals surface area contributed by atoms with Gasteiger partial charge in [0.25, 0.3) is 0 Å². The number of sulfone groups is 1. The number of halogens is 1. The molecule has 21 heavy (non-hydrogen) atoms. The maximum Gasteiger partial charge on any atom is 0.192 e. The number of rotatable bonds is 5. The lowest BCUT2D eigenvalue weighted by atomic mass is 10.0. The van der Waals surface area contributed by atoms with E-state index in [0.717, 1.165) is 22.8 Å². The topological polar surface area (TPSA) is 59.1 Å². The van der Waals surface area contributed by atoms with Gasteiger partial charge in [0.05, 0.1) is 17.9 Å². The highest BCUT2D eigenvalue weighted by Gasteiger charge is 2.11. The quantitative estimate of drug-likeness (QED) is 0.871. The third-order valence-corrected chi connectivity index (χ3v) is 4.61. The van der Waals surface area contributed by atoms with Crippen LogP contribution in [-0.2, 0) is 9.84 Å². The number of hydrogen-bond donors (Lipinski definition) is 1. The summed E-state index contributed by atoms with van der Waals surface area (Å²) in [5, 5.41) is 3.46. The van der Waals surface area contributed by atoms with Crippen molar-refractivity contribution in [3.8, 4) is 0 Å². The van der Waals surface area contributed by atoms with E-state index in [1.165, 1.54) is 11.6 Å². The van der Waals surface area contributed by atoms with Crippen LogP contribution in [0, 0.1) is 0 Å². The highest BCUT2D eigenvalue weighted by Crippen LogP contribution is 2.24. The summed E-state index contributed by atoms with van der Waals surface area (Å²) in [6.07, 6.45) is 3.61. The lowest BCUT2D eigenvalue weighted by molar-refractivity contribution is 0.598. The summed E-state index contributed by atoms with van der Waals surface area (Å²) >= 11 is 3.47. The summed E-state index contributed by atoms with van der Waals surface area (Å²) in [5.41, 5.74) is 1.97. The summed E-state index contributed by atoms with van der Waals surface area (Å²) in [5.74, 6) is 0. The highest BCUT2D eigenvalue weighted by molar-refractivity contribution is 9.10. The Morgan fingerprint density at radius 2 is 2.05 bits per heavy atom. The Morgan fingerprint density at radius 3 is 2.57 bits per heavy atom. The van der Waals surface area contributed by atoms with Crippen molar-refractivity contribution >= 4 is 31.5 Å². The normalized spacial score (nSPS) is 12.9. The molecule has 1 N–H and O–H groups in total. The standard InChI is InChI=1S/C15H17BrN2O2S/c1-3-14(11-5-4-6-12(16)9-11)18-13-7-8-15(17-10-13)21(2,19)20/h4-10,14,18H,3H2,1-2H3. The van der Waals surface area contributed by atoms with E-state index < -0.39 is 9.84 Å². The molecule has 0 fully saturated rings. The second-order valence-electron chi connectivity index (χ2n) is 4.82. The molecule has 4 nitrogen and oxygen atoms in total. The fourth-order valence-corrected chi connectivity index (χ4v) is 3.01. The van der Waals surface area contributed by atoms with Crippen LogP contribution in [0.5, 0.6) is 0 Å². The second kappa shape index (κ2) is 6.58. The third kappa shape index (κ3) is 4.28. The maximum atomic E-state index is 11.4. The van der Waals surface area contributed by atoms with Crippen LogP contribution in [0.2, 0.25) is 0 Å². The molecule has 0 aliphatic carbocycles. The molecule has 112 valence electrons. The summed E-state index contributed by atoms with van der Waals surface area (Å²) < 4.78 is 23.8. The number of hydrogen-bond acceptors (Lipinski definition) is 4. The Hall–Kier alpha value is -1.40. The molecule has 0 amide bonds. The minimum atomic E-state index is -3.26. The van der Waals surface area contributed by atoms with Gasteiger partial charge < -0.3 is 5.32 Å². The van der Waals surface area contributed by atoms with Crippen molar-refractivity contribution in [1.82, 2.24) is 4.98 Å². The molecule has 0 aliphatic rings. The lowest BCUT2D eigenvalue weighted by Crippen LogP contribution is -2.10. The summed E-state index contributed by atoms with van der Waals surface area (Å²) in [7, 11) is -3.26. The molecule has 1 aromatic carbocycles. The van der Waals surface area contributed by atoms with Gasteiger partial charge in [-0.2, -0.15) is 0 Å². The van der Waals surface area contributed by atoms with Gasteiger partial charge in [0.15, 0.2) is 14.9 Å². The van der Waals surface area contributed by atoms with Crippen LogP contribution in [0.3, 0.4) is 0 Å². The first-order chi connectivity index (χ1) is 9.90. The van der Waals surface area contributed by atoms with Crippen LogP contribution in [-0.4, -0.2) is 19.7 Å². The fourth-order valence-electron chi connectivity index (χ4n) is 2.03. The average molecular weight is 369 g/mol. The molecule has 0 saturated carbocycles. The van der Waals surface area contributed by atoms with Gasteiger partial charge in [-0.15, -0.1) is 0 Å². The molecular formula is C15H17BrN2O2S. The minimum Gasteiger partial charge on any atom is -0.377 e. The Kier molecular flexibility index (Phi) is 5.00. The van der Waals surface area contributed by atoms with E-state index in [2.05, 4.69) is 45.3 Å². The van der Waals surface area contributed by atoms with E-state index in [-0.39, 0.29) is 11.1 Å². The van der Waals surface area contributed by atoms with Gasteiger partial charge in [-0.05, 0) is 36.2 Å². The number of nitrogens with one attached hydrogen (secondary N) is 1. The third-order valence-electron chi connectivity index (χ3n) is 3.12. The fraction of sp³-hybridized carbons (Fsp3) is 0.267. The number of nitrogens with zero attached hydrogens (tertiary/aromatic N) is 1. The van der Waals surface area contributed by atoms with Crippen molar-refractivity contribution in [2.24, 2.45) is 0 Å². The van der Waals surface area contributed by atoms with Crippen LogP contribution in [0.1, 0.15) is 24.9 Å². The lowest BCUT2D eigenvalue weighted by Gasteiger charge is -2.19. The Bertz CT molecular complexity index is 715. The first-order valence-corrected chi connectivity index (χ1v) is 9.26. The van der Waals surface area contributed by atoms with Gasteiger partial charge in [0.2, 0.25) is 0 Å². The van der Waals surface area contributed by atoms with Gasteiger partial charge in [0, 0.05) is 10.7 Å². The Morgan fingerprint density at radius 1 is 1.29 bits per heavy atom. The van der Waals surface area contributed by atoms with Crippen LogP contribution in [0.25, 0.3) is 0 Å². The summed E-state index contributed by atoms with van der Waals surface area (Å²) in [6.45, 7) is 2.09. The molecule has 6 heteroatoms. The Labute approximate surface area is 133 Å². The average Bonchev–Trinajstić information content (AvgIpc) is 2.44. The number of aromatic nitrogens is 1. The SMILES string of the molecule is CCC(Nc1ccc(S(C)(=O)=O)nc1)c1cccc(Br)c1. The van der Waals surface area contributed by atoms with Gasteiger partial charge in [-0.1, -0.05) is 35.0 Å². The number of benzene rings is 1. The van der Waals surface area contributed by atoms with Crippen molar-refractivity contribution in [2.45, 2.75) is 24.4 Å². The Balaban J connectivity index is 2.19. The molecule has 1 heterocycles. The summed E-state index contributed by atoms with van der Waals surface area (Å²) in [6, 6.07) is 11.5. The van der Waals surface area contributed by atoms with E-state index in [9.17, 15) is 8.42 Å². The summed E-state index contributed by atoms with van der Waals surface area (Å²) in [4.78, 5) is 3.99. The van der Waals surface area contributed by atoms with Crippen LogP contribution < -0.4 is 5.32 Å².